The van der Waals surface area contributed by atoms with Crippen molar-refractivity contribution in [1.29, 1.82) is 0 Å². The van der Waals surface area contributed by atoms with E-state index >= 15 is 0 Å². The van der Waals surface area contributed by atoms with E-state index in [1.54, 1.807) is 32.4 Å². The highest BCUT2D eigenvalue weighted by atomic mass is 16.7. The van der Waals surface area contributed by atoms with Gasteiger partial charge in [0.1, 0.15) is 18.2 Å². The molecule has 0 aliphatic carbocycles. The normalized spacial score (nSPS) is 19.3. The van der Waals surface area contributed by atoms with Crippen LogP contribution in [0.3, 0.4) is 0 Å². The standard InChI is InChI=1S/C18H24N6O4/c1-12-15(19-17(26)28-18(2,3)4)16(25)24(12)27-11-14-20-21-22-23(14)10-13-8-6-5-7-9-13/h5-9,12,15H,10-11H2,1-4H3,(H,19,26)/t12?,15-/m0/s1. The molecule has 10 heteroatoms. The minimum atomic E-state index is -0.685. The van der Waals surface area contributed by atoms with Gasteiger partial charge in [0.05, 0.1) is 12.6 Å². The lowest BCUT2D eigenvalue weighted by molar-refractivity contribution is -0.238. The number of ether oxygens (including phenoxy) is 1. The SMILES string of the molecule is CC1[C@H](NC(=O)OC(C)(C)C)C(=O)N1OCc1nnnn1Cc1ccccc1. The summed E-state index contributed by atoms with van der Waals surface area (Å²) in [7, 11) is 0. The van der Waals surface area contributed by atoms with Crippen molar-refractivity contribution >= 4 is 12.0 Å². The molecule has 0 spiro atoms. The number of nitrogens with one attached hydrogen (secondary N) is 1. The molecule has 2 atom stereocenters. The molecule has 2 aromatic rings. The van der Waals surface area contributed by atoms with E-state index in [9.17, 15) is 9.59 Å². The first-order chi connectivity index (χ1) is 13.2. The van der Waals surface area contributed by atoms with Crippen molar-refractivity contribution < 1.29 is 19.2 Å². The number of hydroxylamine groups is 2. The zero-order valence-corrected chi connectivity index (χ0v) is 16.3. The summed E-state index contributed by atoms with van der Waals surface area (Å²) >= 11 is 0. The molecule has 0 saturated carbocycles. The van der Waals surface area contributed by atoms with Crippen LogP contribution in [-0.2, 0) is 27.5 Å². The van der Waals surface area contributed by atoms with Crippen molar-refractivity contribution in [1.82, 2.24) is 30.6 Å². The fourth-order valence-electron chi connectivity index (χ4n) is 2.73. The van der Waals surface area contributed by atoms with Crippen LogP contribution in [0, 0.1) is 0 Å². The topological polar surface area (TPSA) is 111 Å². The van der Waals surface area contributed by atoms with E-state index in [1.807, 2.05) is 30.3 Å². The van der Waals surface area contributed by atoms with Gasteiger partial charge in [0, 0.05) is 0 Å². The molecule has 1 unspecified atom stereocenters. The van der Waals surface area contributed by atoms with Gasteiger partial charge in [-0.25, -0.2) is 14.5 Å². The molecular weight excluding hydrogens is 364 g/mol. The fraction of sp³-hybridized carbons (Fsp3) is 0.500. The van der Waals surface area contributed by atoms with Crippen LogP contribution >= 0.6 is 0 Å². The van der Waals surface area contributed by atoms with E-state index in [0.717, 1.165) is 5.56 Å². The van der Waals surface area contributed by atoms with E-state index in [-0.39, 0.29) is 18.6 Å². The maximum Gasteiger partial charge on any atom is 0.408 e. The fourth-order valence-corrected chi connectivity index (χ4v) is 2.73. The molecule has 0 radical (unpaired) electrons. The summed E-state index contributed by atoms with van der Waals surface area (Å²) in [6.45, 7) is 7.58. The Balaban J connectivity index is 1.52. The third-order valence-corrected chi connectivity index (χ3v) is 4.12. The van der Waals surface area contributed by atoms with Gasteiger partial charge < -0.3 is 10.1 Å². The third kappa shape index (κ3) is 4.63. The van der Waals surface area contributed by atoms with Gasteiger partial charge in [-0.3, -0.25) is 9.63 Å². The van der Waals surface area contributed by atoms with Crippen molar-refractivity contribution in [2.45, 2.75) is 58.5 Å². The average molecular weight is 388 g/mol. The molecule has 1 saturated heterocycles. The lowest BCUT2D eigenvalue weighted by atomic mass is 10.0. The van der Waals surface area contributed by atoms with Crippen molar-refractivity contribution in [3.8, 4) is 0 Å². The first kappa shape index (κ1) is 19.7. The molecular formula is C18H24N6O4. The molecule has 3 rings (SSSR count). The molecule has 1 aliphatic rings. The van der Waals surface area contributed by atoms with E-state index in [1.165, 1.54) is 5.06 Å². The van der Waals surface area contributed by atoms with E-state index < -0.39 is 17.7 Å². The summed E-state index contributed by atoms with van der Waals surface area (Å²) in [6, 6.07) is 8.74. The minimum absolute atomic E-state index is 0.0368. The second kappa shape index (κ2) is 7.93. The minimum Gasteiger partial charge on any atom is -0.444 e. The zero-order valence-electron chi connectivity index (χ0n) is 16.3. The van der Waals surface area contributed by atoms with Crippen LogP contribution in [-0.4, -0.2) is 55.0 Å². The van der Waals surface area contributed by atoms with Crippen molar-refractivity contribution in [2.24, 2.45) is 0 Å². The summed E-state index contributed by atoms with van der Waals surface area (Å²) < 4.78 is 6.79. The van der Waals surface area contributed by atoms with Gasteiger partial charge in [-0.05, 0) is 43.7 Å². The lowest BCUT2D eigenvalue weighted by Gasteiger charge is -2.43. The second-order valence-corrected chi connectivity index (χ2v) is 7.54. The predicted molar refractivity (Wildman–Crippen MR) is 97.6 cm³/mol. The molecule has 2 heterocycles. The maximum atomic E-state index is 12.3. The quantitative estimate of drug-likeness (QED) is 0.742. The molecule has 10 nitrogen and oxygen atoms in total. The molecule has 150 valence electrons. The number of carbonyl (C=O) groups is 2. The van der Waals surface area contributed by atoms with Gasteiger partial charge in [-0.1, -0.05) is 30.3 Å². The average Bonchev–Trinajstić information content (AvgIpc) is 3.06. The first-order valence-electron chi connectivity index (χ1n) is 8.99. The number of alkyl carbamates (subject to hydrolysis) is 1. The summed E-state index contributed by atoms with van der Waals surface area (Å²) in [5.74, 6) is 0.146. The van der Waals surface area contributed by atoms with Gasteiger partial charge in [-0.15, -0.1) is 5.10 Å². The second-order valence-electron chi connectivity index (χ2n) is 7.54. The van der Waals surface area contributed by atoms with Crippen molar-refractivity contribution in [3.05, 3.63) is 41.7 Å². The molecule has 1 aliphatic heterocycles. The number of carbonyl (C=O) groups excluding carboxylic acids is 2. The molecule has 0 bridgehead atoms. The number of rotatable bonds is 6. The van der Waals surface area contributed by atoms with Gasteiger partial charge in [0.15, 0.2) is 5.82 Å². The molecule has 1 fully saturated rings. The third-order valence-electron chi connectivity index (χ3n) is 4.12. The summed E-state index contributed by atoms with van der Waals surface area (Å²) in [4.78, 5) is 29.7. The number of amides is 2. The van der Waals surface area contributed by atoms with Crippen molar-refractivity contribution in [2.75, 3.05) is 0 Å². The van der Waals surface area contributed by atoms with Crippen LogP contribution in [0.1, 0.15) is 39.1 Å². The van der Waals surface area contributed by atoms with Crippen molar-refractivity contribution in [3.63, 3.8) is 0 Å². The Labute approximate surface area is 162 Å². The number of hydrogen-bond donors (Lipinski definition) is 1. The number of β-lactam (4-membered cyclic amide) rings is 1. The number of aromatic nitrogens is 4. The van der Waals surface area contributed by atoms with Crippen LogP contribution in [0.25, 0.3) is 0 Å². The highest BCUT2D eigenvalue weighted by molar-refractivity contribution is 5.91. The maximum absolute atomic E-state index is 12.3. The van der Waals surface area contributed by atoms with Crippen LogP contribution < -0.4 is 5.32 Å². The monoisotopic (exact) mass is 388 g/mol. The highest BCUT2D eigenvalue weighted by Gasteiger charge is 2.47. The number of hydrogen-bond acceptors (Lipinski definition) is 7. The smallest absolute Gasteiger partial charge is 0.408 e. The first-order valence-corrected chi connectivity index (χ1v) is 8.99. The summed E-state index contributed by atoms with van der Waals surface area (Å²) in [6.07, 6.45) is -0.635. The Morgan fingerprint density at radius 1 is 1.25 bits per heavy atom. The van der Waals surface area contributed by atoms with Gasteiger partial charge in [-0.2, -0.15) is 0 Å². The van der Waals surface area contributed by atoms with Gasteiger partial charge in [0.2, 0.25) is 0 Å². The van der Waals surface area contributed by atoms with E-state index in [0.29, 0.717) is 12.4 Å². The van der Waals surface area contributed by atoms with Crippen LogP contribution in [0.2, 0.25) is 0 Å². The number of tetrazole rings is 1. The number of nitrogens with zero attached hydrogens (tertiary/aromatic N) is 5. The molecule has 1 aromatic carbocycles. The summed E-state index contributed by atoms with van der Waals surface area (Å²) in [5.41, 5.74) is 0.414. The molecule has 28 heavy (non-hydrogen) atoms. The Morgan fingerprint density at radius 2 is 1.96 bits per heavy atom. The Kier molecular flexibility index (Phi) is 5.59. The van der Waals surface area contributed by atoms with Crippen LogP contribution in [0.4, 0.5) is 4.79 Å². The zero-order chi connectivity index (χ0) is 20.3. The van der Waals surface area contributed by atoms with Crippen LogP contribution in [0.5, 0.6) is 0 Å². The lowest BCUT2D eigenvalue weighted by Crippen LogP contribution is -2.69. The molecule has 2 amide bonds. The van der Waals surface area contributed by atoms with E-state index in [4.69, 9.17) is 9.57 Å². The Bertz CT molecular complexity index is 832. The Hall–Kier alpha value is -3.01. The van der Waals surface area contributed by atoms with Crippen LogP contribution in [0.15, 0.2) is 30.3 Å². The highest BCUT2D eigenvalue weighted by Crippen LogP contribution is 2.21. The molecule has 1 N–H and O–H groups in total. The largest absolute Gasteiger partial charge is 0.444 e. The van der Waals surface area contributed by atoms with Gasteiger partial charge in [0.25, 0.3) is 5.91 Å². The van der Waals surface area contributed by atoms with Gasteiger partial charge >= 0.3 is 6.09 Å². The summed E-state index contributed by atoms with van der Waals surface area (Å²) in [5, 5.41) is 15.4. The predicted octanol–water partition coefficient (Wildman–Crippen LogP) is 1.28. The number of benzene rings is 1. The Morgan fingerprint density at radius 3 is 2.61 bits per heavy atom. The molecule has 1 aromatic heterocycles. The van der Waals surface area contributed by atoms with E-state index in [2.05, 4.69) is 20.8 Å².